The lowest BCUT2D eigenvalue weighted by Gasteiger charge is -2.65. The number of hydrogen-bond donors (Lipinski definition) is 2. The standard InChI is InChI=1S/C29H38O4/c1-26-15-16-29(18-26)14-11-23-27(2,12-4-13-28(23,3)25(29)22(31)17-26)19-33-24(32)10-7-20-5-8-21(30)9-6-20/h5-10,15-16,22-23,25,30-31H,4,11-14,17-19H2,1-3H3/b10-7-/t22-,23-,25+,26+,27-,28-,29+/m0/s1. The van der Waals surface area contributed by atoms with Crippen LogP contribution in [-0.4, -0.2) is 28.9 Å². The molecule has 0 radical (unpaired) electrons. The van der Waals surface area contributed by atoms with Gasteiger partial charge in [-0.2, -0.15) is 0 Å². The number of phenolic OH excluding ortho intramolecular Hbond substituents is 1. The van der Waals surface area contributed by atoms with Crippen LogP contribution in [0.2, 0.25) is 0 Å². The van der Waals surface area contributed by atoms with Crippen molar-refractivity contribution in [3.63, 3.8) is 0 Å². The second kappa shape index (κ2) is 7.73. The molecule has 0 aliphatic heterocycles. The molecular formula is C29H38O4. The number of carbonyl (C=O) groups excluding carboxylic acids is 1. The van der Waals surface area contributed by atoms with Gasteiger partial charge in [0.25, 0.3) is 0 Å². The Hall–Kier alpha value is -2.07. The first-order valence-corrected chi connectivity index (χ1v) is 12.6. The molecule has 178 valence electrons. The van der Waals surface area contributed by atoms with E-state index in [0.717, 1.165) is 44.1 Å². The minimum atomic E-state index is -0.323. The van der Waals surface area contributed by atoms with Crippen molar-refractivity contribution in [2.75, 3.05) is 6.61 Å². The highest BCUT2D eigenvalue weighted by Crippen LogP contribution is 2.71. The molecule has 2 N–H and O–H groups in total. The second-order valence-corrected chi connectivity index (χ2v) is 12.3. The Morgan fingerprint density at radius 1 is 1.12 bits per heavy atom. The van der Waals surface area contributed by atoms with E-state index >= 15 is 0 Å². The van der Waals surface area contributed by atoms with E-state index in [-0.39, 0.29) is 39.5 Å². The SMILES string of the molecule is C[C@@]12C=C[C@]3(CC[C@H]4[C@](C)(COC(=O)/C=C\c5ccc(O)cc5)CCC[C@]4(C)[C@H]3[C@@H](O)C1)C2. The molecule has 0 aromatic heterocycles. The van der Waals surface area contributed by atoms with Crippen LogP contribution in [0, 0.1) is 33.5 Å². The molecule has 0 saturated heterocycles. The Bertz CT molecular complexity index is 980. The van der Waals surface area contributed by atoms with Crippen LogP contribution < -0.4 is 0 Å². The smallest absolute Gasteiger partial charge is 0.330 e. The zero-order valence-corrected chi connectivity index (χ0v) is 20.2. The summed E-state index contributed by atoms with van der Waals surface area (Å²) in [4.78, 5) is 12.5. The molecule has 0 amide bonds. The monoisotopic (exact) mass is 450 g/mol. The lowest BCUT2D eigenvalue weighted by molar-refractivity contribution is -0.196. The molecule has 2 bridgehead atoms. The topological polar surface area (TPSA) is 66.8 Å². The van der Waals surface area contributed by atoms with Gasteiger partial charge in [0.2, 0.25) is 0 Å². The quantitative estimate of drug-likeness (QED) is 0.341. The predicted molar refractivity (Wildman–Crippen MR) is 129 cm³/mol. The maximum atomic E-state index is 12.5. The zero-order valence-electron chi connectivity index (χ0n) is 20.2. The number of ether oxygens (including phenoxy) is 1. The minimum absolute atomic E-state index is 0.0644. The molecule has 1 aromatic carbocycles. The fourth-order valence-corrected chi connectivity index (χ4v) is 8.68. The highest BCUT2D eigenvalue weighted by atomic mass is 16.5. The molecule has 1 spiro atoms. The van der Waals surface area contributed by atoms with E-state index in [4.69, 9.17) is 4.74 Å². The number of fused-ring (bicyclic) bond motifs is 3. The lowest BCUT2D eigenvalue weighted by Crippen LogP contribution is -2.61. The highest BCUT2D eigenvalue weighted by Gasteiger charge is 2.66. The number of benzene rings is 1. The van der Waals surface area contributed by atoms with E-state index in [1.54, 1.807) is 30.3 Å². The third kappa shape index (κ3) is 3.75. The van der Waals surface area contributed by atoms with Crippen molar-refractivity contribution in [3.8, 4) is 5.75 Å². The van der Waals surface area contributed by atoms with Crippen molar-refractivity contribution < 1.29 is 19.7 Å². The van der Waals surface area contributed by atoms with Crippen LogP contribution in [0.4, 0.5) is 0 Å². The molecular weight excluding hydrogens is 412 g/mol. The molecule has 5 rings (SSSR count). The number of aliphatic hydroxyl groups excluding tert-OH is 1. The normalized spacial score (nSPS) is 43.8. The molecule has 1 aromatic rings. The zero-order chi connectivity index (χ0) is 23.5. The van der Waals surface area contributed by atoms with Crippen LogP contribution in [0.3, 0.4) is 0 Å². The van der Waals surface area contributed by atoms with Gasteiger partial charge in [-0.15, -0.1) is 0 Å². The molecule has 3 fully saturated rings. The summed E-state index contributed by atoms with van der Waals surface area (Å²) in [5.74, 6) is 0.616. The van der Waals surface area contributed by atoms with Gasteiger partial charge in [0.1, 0.15) is 5.75 Å². The Labute approximate surface area is 197 Å². The summed E-state index contributed by atoms with van der Waals surface area (Å²) >= 11 is 0. The summed E-state index contributed by atoms with van der Waals surface area (Å²) in [6, 6.07) is 6.74. The number of carbonyl (C=O) groups is 1. The molecule has 0 unspecified atom stereocenters. The van der Waals surface area contributed by atoms with E-state index < -0.39 is 0 Å². The number of aliphatic hydroxyl groups is 1. The number of allylic oxidation sites excluding steroid dienone is 2. The largest absolute Gasteiger partial charge is 0.508 e. The predicted octanol–water partition coefficient (Wildman–Crippen LogP) is 5.89. The number of esters is 1. The van der Waals surface area contributed by atoms with Crippen molar-refractivity contribution in [1.82, 2.24) is 0 Å². The van der Waals surface area contributed by atoms with Gasteiger partial charge in [0, 0.05) is 11.5 Å². The average molecular weight is 451 g/mol. The molecule has 33 heavy (non-hydrogen) atoms. The fraction of sp³-hybridized carbons (Fsp3) is 0.621. The summed E-state index contributed by atoms with van der Waals surface area (Å²) in [6.45, 7) is 7.46. The summed E-state index contributed by atoms with van der Waals surface area (Å²) in [7, 11) is 0. The van der Waals surface area contributed by atoms with Gasteiger partial charge < -0.3 is 14.9 Å². The Balaban J connectivity index is 1.31. The summed E-state index contributed by atoms with van der Waals surface area (Å²) < 4.78 is 5.81. The maximum Gasteiger partial charge on any atom is 0.330 e. The van der Waals surface area contributed by atoms with Gasteiger partial charge in [-0.3, -0.25) is 0 Å². The Kier molecular flexibility index (Phi) is 5.32. The summed E-state index contributed by atoms with van der Waals surface area (Å²) in [6.07, 6.45) is 15.4. The number of phenols is 1. The Morgan fingerprint density at radius 2 is 1.88 bits per heavy atom. The van der Waals surface area contributed by atoms with Gasteiger partial charge in [0.05, 0.1) is 12.7 Å². The van der Waals surface area contributed by atoms with Gasteiger partial charge >= 0.3 is 5.97 Å². The number of rotatable bonds is 4. The van der Waals surface area contributed by atoms with Crippen LogP contribution in [0.25, 0.3) is 6.08 Å². The third-order valence-electron chi connectivity index (χ3n) is 9.79. The molecule has 4 aliphatic carbocycles. The van der Waals surface area contributed by atoms with Crippen LogP contribution >= 0.6 is 0 Å². The van der Waals surface area contributed by atoms with Gasteiger partial charge in [-0.1, -0.05) is 51.5 Å². The highest BCUT2D eigenvalue weighted by molar-refractivity contribution is 5.87. The van der Waals surface area contributed by atoms with E-state index in [1.165, 1.54) is 12.5 Å². The number of hydrogen-bond acceptors (Lipinski definition) is 4. The van der Waals surface area contributed by atoms with Crippen molar-refractivity contribution in [3.05, 3.63) is 48.1 Å². The summed E-state index contributed by atoms with van der Waals surface area (Å²) in [5, 5.41) is 20.8. The minimum Gasteiger partial charge on any atom is -0.508 e. The molecule has 4 heteroatoms. The third-order valence-corrected chi connectivity index (χ3v) is 9.79. The molecule has 0 heterocycles. The van der Waals surface area contributed by atoms with Crippen molar-refractivity contribution >= 4 is 12.0 Å². The lowest BCUT2D eigenvalue weighted by atomic mass is 9.40. The average Bonchev–Trinajstić information content (AvgIpc) is 3.01. The van der Waals surface area contributed by atoms with E-state index in [2.05, 4.69) is 32.9 Å². The molecule has 4 nitrogen and oxygen atoms in total. The summed E-state index contributed by atoms with van der Waals surface area (Å²) in [5.41, 5.74) is 1.13. The molecule has 7 atom stereocenters. The van der Waals surface area contributed by atoms with E-state index in [1.807, 2.05) is 0 Å². The van der Waals surface area contributed by atoms with Crippen molar-refractivity contribution in [2.24, 2.45) is 33.5 Å². The molecule has 3 saturated carbocycles. The van der Waals surface area contributed by atoms with Crippen LogP contribution in [0.5, 0.6) is 5.75 Å². The van der Waals surface area contributed by atoms with Gasteiger partial charge in [-0.05, 0) is 90.4 Å². The number of aromatic hydroxyl groups is 1. The Morgan fingerprint density at radius 3 is 2.64 bits per heavy atom. The fourth-order valence-electron chi connectivity index (χ4n) is 8.68. The second-order valence-electron chi connectivity index (χ2n) is 12.3. The molecule has 4 aliphatic rings. The van der Waals surface area contributed by atoms with Crippen LogP contribution in [-0.2, 0) is 9.53 Å². The van der Waals surface area contributed by atoms with Crippen LogP contribution in [0.1, 0.15) is 71.3 Å². The van der Waals surface area contributed by atoms with E-state index in [9.17, 15) is 15.0 Å². The van der Waals surface area contributed by atoms with Gasteiger partial charge in [-0.25, -0.2) is 4.79 Å². The first-order valence-electron chi connectivity index (χ1n) is 12.6. The van der Waals surface area contributed by atoms with Crippen molar-refractivity contribution in [1.29, 1.82) is 0 Å². The maximum absolute atomic E-state index is 12.5. The first kappa shape index (κ1) is 22.7. The van der Waals surface area contributed by atoms with E-state index in [0.29, 0.717) is 18.4 Å². The van der Waals surface area contributed by atoms with Gasteiger partial charge in [0.15, 0.2) is 0 Å². The van der Waals surface area contributed by atoms with Crippen LogP contribution in [0.15, 0.2) is 42.5 Å². The van der Waals surface area contributed by atoms with Crippen molar-refractivity contribution in [2.45, 2.75) is 71.8 Å². The first-order chi connectivity index (χ1) is 15.6.